The van der Waals surface area contributed by atoms with Crippen LogP contribution in [0.15, 0.2) is 0 Å². The fourth-order valence-corrected chi connectivity index (χ4v) is 2.88. The van der Waals surface area contributed by atoms with E-state index in [2.05, 4.69) is 63.7 Å². The number of hydrogen-bond acceptors (Lipinski definition) is 5. The average Bonchev–Trinajstić information content (AvgIpc) is 2.58. The maximum absolute atomic E-state index is 12.4. The lowest BCUT2D eigenvalue weighted by molar-refractivity contribution is -0.141. The molecule has 0 aromatic carbocycles. The van der Waals surface area contributed by atoms with Crippen LogP contribution < -0.4 is 16.0 Å². The van der Waals surface area contributed by atoms with Crippen LogP contribution in [-0.2, 0) is 24.0 Å². The number of carboxylic acid groups (broad SMARTS) is 1. The minimum atomic E-state index is -1.29. The highest BCUT2D eigenvalue weighted by molar-refractivity contribution is 9.10. The molecule has 3 amide bonds. The van der Waals surface area contributed by atoms with Crippen LogP contribution >= 0.6 is 47.8 Å². The monoisotopic (exact) mass is 647 g/mol. The molecule has 4 N–H and O–H groups in total. The topological polar surface area (TPSA) is 142 Å². The molecule has 0 saturated carbocycles. The van der Waals surface area contributed by atoms with Crippen molar-refractivity contribution in [2.45, 2.75) is 67.4 Å². The SMILES string of the molecule is CC(C)(Br)C(=O)NCC(CNC(=O)C(C)(C)Br)(CNC(=O)C(C)(C)Br)CC(=O)CC(=O)O. The highest BCUT2D eigenvalue weighted by atomic mass is 79.9. The maximum Gasteiger partial charge on any atom is 0.310 e. The first-order valence-electron chi connectivity index (χ1n) is 9.85. The Hall–Kier alpha value is -1.01. The van der Waals surface area contributed by atoms with Gasteiger partial charge in [-0.3, -0.25) is 24.0 Å². The Morgan fingerprint density at radius 2 is 0.938 bits per heavy atom. The summed E-state index contributed by atoms with van der Waals surface area (Å²) in [6.45, 7) is 9.60. The summed E-state index contributed by atoms with van der Waals surface area (Å²) in [6.07, 6.45) is -0.996. The number of ketones is 1. The van der Waals surface area contributed by atoms with Crippen LogP contribution in [0, 0.1) is 5.41 Å². The molecule has 0 atom stereocenters. The van der Waals surface area contributed by atoms with E-state index in [9.17, 15) is 24.0 Å². The van der Waals surface area contributed by atoms with Gasteiger partial charge in [0.15, 0.2) is 0 Å². The number of carbonyl (C=O) groups is 5. The molecule has 0 saturated heterocycles. The van der Waals surface area contributed by atoms with Gasteiger partial charge >= 0.3 is 5.97 Å². The Balaban J connectivity index is 5.98. The third-order valence-electron chi connectivity index (χ3n) is 4.41. The minimum Gasteiger partial charge on any atom is -0.481 e. The molecule has 0 aromatic heterocycles. The fourth-order valence-electron chi connectivity index (χ4n) is 2.46. The summed E-state index contributed by atoms with van der Waals surface area (Å²) in [5.74, 6) is -2.99. The van der Waals surface area contributed by atoms with Gasteiger partial charge in [-0.2, -0.15) is 0 Å². The highest BCUT2D eigenvalue weighted by Gasteiger charge is 2.38. The second-order valence-corrected chi connectivity index (χ2v) is 15.2. The van der Waals surface area contributed by atoms with Crippen molar-refractivity contribution in [2.75, 3.05) is 19.6 Å². The van der Waals surface area contributed by atoms with Crippen molar-refractivity contribution < 1.29 is 29.1 Å². The summed E-state index contributed by atoms with van der Waals surface area (Å²) < 4.78 is -2.69. The Morgan fingerprint density at radius 1 is 0.656 bits per heavy atom. The van der Waals surface area contributed by atoms with E-state index >= 15 is 0 Å². The molecule has 0 heterocycles. The third-order valence-corrected chi connectivity index (χ3v) is 5.49. The van der Waals surface area contributed by atoms with Crippen LogP contribution in [0.5, 0.6) is 0 Å². The molecule has 0 aliphatic heterocycles. The van der Waals surface area contributed by atoms with Crippen LogP contribution in [0.4, 0.5) is 0 Å². The number of amides is 3. The van der Waals surface area contributed by atoms with Crippen molar-refractivity contribution in [1.29, 1.82) is 0 Å². The molecule has 32 heavy (non-hydrogen) atoms. The maximum atomic E-state index is 12.4. The number of alkyl halides is 3. The predicted octanol–water partition coefficient (Wildman–Crippen LogP) is 2.28. The van der Waals surface area contributed by atoms with E-state index in [1.54, 1.807) is 41.5 Å². The van der Waals surface area contributed by atoms with E-state index in [4.69, 9.17) is 5.11 Å². The first-order chi connectivity index (χ1) is 14.2. The van der Waals surface area contributed by atoms with Gasteiger partial charge in [-0.25, -0.2) is 0 Å². The van der Waals surface area contributed by atoms with Gasteiger partial charge in [0.25, 0.3) is 0 Å². The van der Waals surface area contributed by atoms with Gasteiger partial charge in [-0.05, 0) is 41.5 Å². The predicted molar refractivity (Wildman–Crippen MR) is 132 cm³/mol. The molecule has 0 fully saturated rings. The Bertz CT molecular complexity index is 662. The summed E-state index contributed by atoms with van der Waals surface area (Å²) in [6, 6.07) is 0. The number of aliphatic carboxylic acids is 1. The standard InChI is InChI=1S/C20H32Br3N3O6/c1-17(2,21)14(30)24-9-20(8-12(27)7-13(28)29,10-25-15(31)18(3,4)22)11-26-16(32)19(5,6)23/h7-11H2,1-6H3,(H,24,30)(H,25,31)(H,26,32)(H,28,29). The summed E-state index contributed by atoms with van der Waals surface area (Å²) in [4.78, 5) is 60.8. The smallest absolute Gasteiger partial charge is 0.310 e. The second kappa shape index (κ2) is 11.9. The Kier molecular flexibility index (Phi) is 11.5. The first-order valence-corrected chi connectivity index (χ1v) is 12.2. The normalized spacial score (nSPS) is 12.7. The van der Waals surface area contributed by atoms with Crippen LogP contribution in [0.1, 0.15) is 54.4 Å². The first kappa shape index (κ1) is 31.0. The van der Waals surface area contributed by atoms with Crippen LogP contribution in [0.25, 0.3) is 0 Å². The van der Waals surface area contributed by atoms with Crippen molar-refractivity contribution in [3.05, 3.63) is 0 Å². The zero-order valence-electron chi connectivity index (χ0n) is 19.2. The number of carboxylic acids is 1. The van der Waals surface area contributed by atoms with Gasteiger partial charge < -0.3 is 21.1 Å². The van der Waals surface area contributed by atoms with Gasteiger partial charge in [-0.15, -0.1) is 0 Å². The molecule has 0 aliphatic carbocycles. The lowest BCUT2D eigenvalue weighted by atomic mass is 9.81. The molecule has 12 heteroatoms. The van der Waals surface area contributed by atoms with Crippen LogP contribution in [0.3, 0.4) is 0 Å². The molecular formula is C20H32Br3N3O6. The number of nitrogens with one attached hydrogen (secondary N) is 3. The lowest BCUT2D eigenvalue weighted by Crippen LogP contribution is -2.56. The van der Waals surface area contributed by atoms with Crippen molar-refractivity contribution in [3.8, 4) is 0 Å². The molecule has 0 rings (SSSR count). The van der Waals surface area contributed by atoms with Crippen LogP contribution in [-0.4, -0.2) is 67.2 Å². The quantitative estimate of drug-likeness (QED) is 0.178. The van der Waals surface area contributed by atoms with Gasteiger partial charge in [0, 0.05) is 31.5 Å². The van der Waals surface area contributed by atoms with Crippen molar-refractivity contribution >= 4 is 77.3 Å². The average molecular weight is 650 g/mol. The third kappa shape index (κ3) is 11.7. The summed E-state index contributed by atoms with van der Waals surface area (Å²) in [5, 5.41) is 17.2. The van der Waals surface area contributed by atoms with Gasteiger partial charge in [0.05, 0.1) is 13.0 Å². The molecule has 0 bridgehead atoms. The zero-order valence-corrected chi connectivity index (χ0v) is 23.9. The molecule has 184 valence electrons. The summed E-state index contributed by atoms with van der Waals surface area (Å²) in [7, 11) is 0. The largest absolute Gasteiger partial charge is 0.481 e. The van der Waals surface area contributed by atoms with Crippen molar-refractivity contribution in [2.24, 2.45) is 5.41 Å². The molecule has 0 spiro atoms. The molecule has 0 radical (unpaired) electrons. The Morgan fingerprint density at radius 3 is 1.16 bits per heavy atom. The minimum absolute atomic E-state index is 0.0851. The van der Waals surface area contributed by atoms with Gasteiger partial charge in [0.1, 0.15) is 12.2 Å². The number of Topliss-reactive ketones (excluding diaryl/α,β-unsaturated/α-hetero) is 1. The van der Waals surface area contributed by atoms with E-state index in [1.165, 1.54) is 0 Å². The van der Waals surface area contributed by atoms with Gasteiger partial charge in [-0.1, -0.05) is 47.8 Å². The fraction of sp³-hybridized carbons (Fsp3) is 0.750. The number of carbonyl (C=O) groups excluding carboxylic acids is 4. The lowest BCUT2D eigenvalue weighted by Gasteiger charge is -2.36. The molecule has 9 nitrogen and oxygen atoms in total. The highest BCUT2D eigenvalue weighted by Crippen LogP contribution is 2.25. The summed E-state index contributed by atoms with van der Waals surface area (Å²) in [5.41, 5.74) is -1.16. The second-order valence-electron chi connectivity index (χ2n) is 9.25. The van der Waals surface area contributed by atoms with Crippen molar-refractivity contribution in [3.63, 3.8) is 0 Å². The molecular weight excluding hydrogens is 618 g/mol. The van der Waals surface area contributed by atoms with E-state index in [-0.39, 0.29) is 43.8 Å². The molecule has 0 aliphatic rings. The number of rotatable bonds is 13. The summed E-state index contributed by atoms with van der Waals surface area (Å²) >= 11 is 9.79. The number of halogens is 3. The van der Waals surface area contributed by atoms with E-state index in [0.717, 1.165) is 0 Å². The number of hydrogen-bond donors (Lipinski definition) is 4. The van der Waals surface area contributed by atoms with Crippen LogP contribution in [0.2, 0.25) is 0 Å². The van der Waals surface area contributed by atoms with E-state index < -0.39 is 36.6 Å². The van der Waals surface area contributed by atoms with E-state index in [1.807, 2.05) is 0 Å². The van der Waals surface area contributed by atoms with Gasteiger partial charge in [0.2, 0.25) is 17.7 Å². The molecule has 0 aromatic rings. The molecule has 0 unspecified atom stereocenters. The van der Waals surface area contributed by atoms with E-state index in [0.29, 0.717) is 0 Å². The van der Waals surface area contributed by atoms with Crippen molar-refractivity contribution in [1.82, 2.24) is 16.0 Å². The zero-order chi connectivity index (χ0) is 25.5. The Labute approximate surface area is 214 Å².